The van der Waals surface area contributed by atoms with Crippen LogP contribution in [0.5, 0.6) is 11.5 Å². The van der Waals surface area contributed by atoms with Crippen molar-refractivity contribution in [2.24, 2.45) is 0 Å². The van der Waals surface area contributed by atoms with E-state index >= 15 is 0 Å². The van der Waals surface area contributed by atoms with Crippen LogP contribution in [0.15, 0.2) is 85.2 Å². The molecular formula is C45H56N2O2. The molecule has 0 unspecified atom stereocenters. The minimum absolute atomic E-state index is 0.651. The standard InChI is InChI=1S/C23H29NO.C22H27NO/c1-3-5-6-7-8-9-10-20-11-13-21(14-12-20)15-16-22-17-18-23(19-24-22)25-4-2;1-3-4-5-6-7-8-9-19-10-12-20(13-11-19)14-15-21-16-17-22(24-2)18-23-21/h11-14,17-19H,3-10H2,1-2H3;10-13,16-18H,3-9H2,1-2H3. The average molecular weight is 657 g/mol. The quantitative estimate of drug-likeness (QED) is 0.0838. The number of methoxy groups -OCH3 is 1. The van der Waals surface area contributed by atoms with Gasteiger partial charge < -0.3 is 9.47 Å². The number of benzene rings is 2. The molecule has 0 fully saturated rings. The third-order valence-corrected chi connectivity index (χ3v) is 8.24. The van der Waals surface area contributed by atoms with Crippen molar-refractivity contribution >= 4 is 0 Å². The van der Waals surface area contributed by atoms with Gasteiger partial charge in [0.2, 0.25) is 0 Å². The Morgan fingerprint density at radius 1 is 0.469 bits per heavy atom. The summed E-state index contributed by atoms with van der Waals surface area (Å²) < 4.78 is 10.5. The minimum atomic E-state index is 0.651. The molecule has 0 aliphatic heterocycles. The Labute approximate surface area is 297 Å². The Morgan fingerprint density at radius 2 is 0.898 bits per heavy atom. The molecule has 0 amide bonds. The van der Waals surface area contributed by atoms with Crippen LogP contribution in [0.4, 0.5) is 0 Å². The monoisotopic (exact) mass is 656 g/mol. The lowest BCUT2D eigenvalue weighted by Crippen LogP contribution is -1.92. The van der Waals surface area contributed by atoms with Crippen molar-refractivity contribution in [3.63, 3.8) is 0 Å². The van der Waals surface area contributed by atoms with Crippen LogP contribution in [0.3, 0.4) is 0 Å². The summed E-state index contributed by atoms with van der Waals surface area (Å²) >= 11 is 0. The van der Waals surface area contributed by atoms with E-state index in [1.165, 1.54) is 101 Å². The molecule has 0 N–H and O–H groups in total. The number of rotatable bonds is 17. The summed E-state index contributed by atoms with van der Waals surface area (Å²) in [5, 5.41) is 0. The zero-order valence-electron chi connectivity index (χ0n) is 30.4. The molecule has 4 rings (SSSR count). The van der Waals surface area contributed by atoms with Crippen LogP contribution in [0.1, 0.15) is 131 Å². The van der Waals surface area contributed by atoms with Gasteiger partial charge in [-0.2, -0.15) is 0 Å². The molecule has 0 spiro atoms. The number of pyridine rings is 2. The lowest BCUT2D eigenvalue weighted by Gasteiger charge is -2.02. The van der Waals surface area contributed by atoms with Gasteiger partial charge in [0.25, 0.3) is 0 Å². The molecule has 2 heterocycles. The molecule has 0 bridgehead atoms. The van der Waals surface area contributed by atoms with E-state index < -0.39 is 0 Å². The molecule has 0 aliphatic rings. The molecule has 2 aromatic heterocycles. The van der Waals surface area contributed by atoms with Crippen LogP contribution in [0.25, 0.3) is 0 Å². The molecule has 0 aliphatic carbocycles. The van der Waals surface area contributed by atoms with Crippen molar-refractivity contribution < 1.29 is 9.47 Å². The first-order valence-electron chi connectivity index (χ1n) is 18.4. The molecule has 2 aromatic carbocycles. The van der Waals surface area contributed by atoms with Gasteiger partial charge in [-0.1, -0.05) is 114 Å². The molecule has 0 saturated carbocycles. The van der Waals surface area contributed by atoms with Crippen LogP contribution < -0.4 is 9.47 Å². The van der Waals surface area contributed by atoms with Gasteiger partial charge in [0, 0.05) is 11.1 Å². The number of ether oxygens (including phenoxy) is 2. The second-order valence-corrected chi connectivity index (χ2v) is 12.3. The van der Waals surface area contributed by atoms with E-state index in [0.717, 1.165) is 34.0 Å². The van der Waals surface area contributed by atoms with Gasteiger partial charge in [-0.25, -0.2) is 9.97 Å². The van der Waals surface area contributed by atoms with Crippen LogP contribution in [-0.4, -0.2) is 23.7 Å². The summed E-state index contributed by atoms with van der Waals surface area (Å²) in [5.41, 5.74) is 6.38. The predicted octanol–water partition coefficient (Wildman–Crippen LogP) is 11.2. The zero-order valence-corrected chi connectivity index (χ0v) is 30.4. The van der Waals surface area contributed by atoms with Crippen LogP contribution in [-0.2, 0) is 12.8 Å². The van der Waals surface area contributed by atoms with E-state index in [9.17, 15) is 0 Å². The smallest absolute Gasteiger partial charge is 0.137 e. The van der Waals surface area contributed by atoms with Crippen molar-refractivity contribution in [2.75, 3.05) is 13.7 Å². The molecule has 49 heavy (non-hydrogen) atoms. The van der Waals surface area contributed by atoms with Crippen molar-refractivity contribution in [3.05, 3.63) is 119 Å². The summed E-state index contributed by atoms with van der Waals surface area (Å²) in [5.74, 6) is 14.1. The van der Waals surface area contributed by atoms with Gasteiger partial charge in [0.05, 0.1) is 26.1 Å². The highest BCUT2D eigenvalue weighted by Gasteiger charge is 1.98. The first-order chi connectivity index (χ1) is 24.1. The highest BCUT2D eigenvalue weighted by Crippen LogP contribution is 2.13. The van der Waals surface area contributed by atoms with E-state index in [0.29, 0.717) is 6.61 Å². The molecular weight excluding hydrogens is 601 g/mol. The molecule has 0 atom stereocenters. The van der Waals surface area contributed by atoms with Crippen LogP contribution in [0.2, 0.25) is 0 Å². The minimum Gasteiger partial charge on any atom is -0.495 e. The highest BCUT2D eigenvalue weighted by atomic mass is 16.5. The average Bonchev–Trinajstić information content (AvgIpc) is 3.15. The number of aryl methyl sites for hydroxylation is 2. The van der Waals surface area contributed by atoms with Gasteiger partial charge in [0.15, 0.2) is 0 Å². The van der Waals surface area contributed by atoms with E-state index in [1.807, 2.05) is 31.2 Å². The fourth-order valence-corrected chi connectivity index (χ4v) is 5.28. The van der Waals surface area contributed by atoms with Gasteiger partial charge in [-0.05, 0) is 104 Å². The Morgan fingerprint density at radius 3 is 1.29 bits per heavy atom. The topological polar surface area (TPSA) is 44.2 Å². The zero-order chi connectivity index (χ0) is 34.8. The van der Waals surface area contributed by atoms with Gasteiger partial charge in [0.1, 0.15) is 22.9 Å². The summed E-state index contributed by atoms with van der Waals surface area (Å²) in [6, 6.07) is 24.7. The summed E-state index contributed by atoms with van der Waals surface area (Å²) in [6.45, 7) is 7.13. The number of hydrogen-bond acceptors (Lipinski definition) is 4. The van der Waals surface area contributed by atoms with E-state index in [-0.39, 0.29) is 0 Å². The van der Waals surface area contributed by atoms with E-state index in [1.54, 1.807) is 19.5 Å². The Balaban J connectivity index is 0.000000266. The first kappa shape index (κ1) is 38.9. The summed E-state index contributed by atoms with van der Waals surface area (Å²) in [4.78, 5) is 8.56. The normalized spacial score (nSPS) is 10.1. The summed E-state index contributed by atoms with van der Waals surface area (Å²) in [6.07, 6.45) is 21.8. The highest BCUT2D eigenvalue weighted by molar-refractivity contribution is 5.43. The Kier molecular flexibility index (Phi) is 19.5. The third kappa shape index (κ3) is 16.9. The van der Waals surface area contributed by atoms with Crippen molar-refractivity contribution in [2.45, 2.75) is 111 Å². The Hall–Kier alpha value is -4.54. The van der Waals surface area contributed by atoms with Gasteiger partial charge in [-0.3, -0.25) is 0 Å². The maximum Gasteiger partial charge on any atom is 0.137 e. The number of nitrogens with zero attached hydrogens (tertiary/aromatic N) is 2. The fraction of sp³-hybridized carbons (Fsp3) is 0.422. The number of hydrogen-bond donors (Lipinski definition) is 0. The lowest BCUT2D eigenvalue weighted by atomic mass is 10.0. The van der Waals surface area contributed by atoms with Crippen molar-refractivity contribution in [3.8, 4) is 35.2 Å². The fourth-order valence-electron chi connectivity index (χ4n) is 5.28. The second-order valence-electron chi connectivity index (χ2n) is 12.3. The molecule has 258 valence electrons. The number of unbranched alkanes of at least 4 members (excludes halogenated alkanes) is 10. The maximum absolute atomic E-state index is 5.39. The van der Waals surface area contributed by atoms with Crippen LogP contribution >= 0.6 is 0 Å². The van der Waals surface area contributed by atoms with Crippen molar-refractivity contribution in [1.82, 2.24) is 9.97 Å². The van der Waals surface area contributed by atoms with E-state index in [2.05, 4.69) is 96.0 Å². The summed E-state index contributed by atoms with van der Waals surface area (Å²) in [7, 11) is 1.63. The molecule has 4 aromatic rings. The van der Waals surface area contributed by atoms with Crippen molar-refractivity contribution in [1.29, 1.82) is 0 Å². The molecule has 0 radical (unpaired) electrons. The predicted molar refractivity (Wildman–Crippen MR) is 205 cm³/mol. The number of aromatic nitrogens is 2. The Bertz CT molecular complexity index is 1550. The molecule has 4 heteroatoms. The largest absolute Gasteiger partial charge is 0.495 e. The van der Waals surface area contributed by atoms with Gasteiger partial charge in [-0.15, -0.1) is 0 Å². The van der Waals surface area contributed by atoms with Gasteiger partial charge >= 0.3 is 0 Å². The lowest BCUT2D eigenvalue weighted by molar-refractivity contribution is 0.339. The van der Waals surface area contributed by atoms with Crippen LogP contribution in [0, 0.1) is 23.7 Å². The maximum atomic E-state index is 5.39. The first-order valence-corrected chi connectivity index (χ1v) is 18.4. The molecule has 0 saturated heterocycles. The third-order valence-electron chi connectivity index (χ3n) is 8.24. The van der Waals surface area contributed by atoms with E-state index in [4.69, 9.17) is 9.47 Å². The molecule has 4 nitrogen and oxygen atoms in total. The second kappa shape index (κ2) is 24.6. The SMILES string of the molecule is CCCCCCCCc1ccc(C#Cc2ccc(OC)cn2)cc1.CCCCCCCCc1ccc(C#Cc2ccc(OCC)cn2)cc1.